The number of urea groups is 1. The number of fused-ring (bicyclic) bond motifs is 1. The van der Waals surface area contributed by atoms with Gasteiger partial charge in [-0.2, -0.15) is 0 Å². The SMILES string of the molecule is CC(=O)N1CC2(Cc3ccccc31)CN(C(=O)Nc1ccc(Cl)cc1)C2. The van der Waals surface area contributed by atoms with Gasteiger partial charge in [-0.3, -0.25) is 4.79 Å². The van der Waals surface area contributed by atoms with Gasteiger partial charge in [0.15, 0.2) is 0 Å². The number of amides is 3. The van der Waals surface area contributed by atoms with Gasteiger partial charge in [0, 0.05) is 48.4 Å². The first kappa shape index (κ1) is 16.9. The van der Waals surface area contributed by atoms with E-state index in [1.807, 2.05) is 23.1 Å². The molecule has 2 aromatic carbocycles. The summed E-state index contributed by atoms with van der Waals surface area (Å²) in [6.07, 6.45) is 0.887. The Labute approximate surface area is 157 Å². The molecule has 2 aliphatic rings. The fourth-order valence-corrected chi connectivity index (χ4v) is 4.07. The van der Waals surface area contributed by atoms with Gasteiger partial charge >= 0.3 is 6.03 Å². The zero-order chi connectivity index (χ0) is 18.3. The molecular formula is C20H20ClN3O2. The predicted octanol–water partition coefficient (Wildman–Crippen LogP) is 3.78. The Morgan fingerprint density at radius 3 is 2.42 bits per heavy atom. The van der Waals surface area contributed by atoms with Gasteiger partial charge in [0.1, 0.15) is 0 Å². The van der Waals surface area contributed by atoms with Crippen LogP contribution in [-0.2, 0) is 11.2 Å². The largest absolute Gasteiger partial charge is 0.323 e. The number of para-hydroxylation sites is 1. The number of carbonyl (C=O) groups excluding carboxylic acids is 2. The summed E-state index contributed by atoms with van der Waals surface area (Å²) in [5, 5.41) is 3.53. The first-order valence-electron chi connectivity index (χ1n) is 8.63. The quantitative estimate of drug-likeness (QED) is 0.831. The zero-order valence-electron chi connectivity index (χ0n) is 14.5. The Morgan fingerprint density at radius 2 is 1.73 bits per heavy atom. The van der Waals surface area contributed by atoms with Gasteiger partial charge in [-0.05, 0) is 42.3 Å². The van der Waals surface area contributed by atoms with E-state index in [9.17, 15) is 9.59 Å². The van der Waals surface area contributed by atoms with Crippen molar-refractivity contribution in [3.05, 3.63) is 59.1 Å². The summed E-state index contributed by atoms with van der Waals surface area (Å²) >= 11 is 5.87. The minimum Gasteiger partial charge on any atom is -0.323 e. The maximum Gasteiger partial charge on any atom is 0.321 e. The molecule has 0 aliphatic carbocycles. The number of carbonyl (C=O) groups is 2. The molecule has 0 unspecified atom stereocenters. The molecule has 2 heterocycles. The van der Waals surface area contributed by atoms with Gasteiger partial charge in [-0.25, -0.2) is 4.79 Å². The molecule has 5 nitrogen and oxygen atoms in total. The lowest BCUT2D eigenvalue weighted by atomic mass is 9.71. The van der Waals surface area contributed by atoms with Crippen LogP contribution in [0, 0.1) is 5.41 Å². The molecule has 0 atom stereocenters. The second-order valence-corrected chi connectivity index (χ2v) is 7.64. The zero-order valence-corrected chi connectivity index (χ0v) is 15.3. The molecule has 1 saturated heterocycles. The van der Waals surface area contributed by atoms with Crippen molar-refractivity contribution in [2.75, 3.05) is 29.9 Å². The van der Waals surface area contributed by atoms with Crippen molar-refractivity contribution < 1.29 is 9.59 Å². The highest BCUT2D eigenvalue weighted by molar-refractivity contribution is 6.30. The summed E-state index contributed by atoms with van der Waals surface area (Å²) in [5.41, 5.74) is 2.83. The van der Waals surface area contributed by atoms with Gasteiger partial charge in [-0.1, -0.05) is 29.8 Å². The lowest BCUT2D eigenvalue weighted by Gasteiger charge is -2.54. The van der Waals surface area contributed by atoms with Crippen LogP contribution >= 0.6 is 11.6 Å². The summed E-state index contributed by atoms with van der Waals surface area (Å²) in [4.78, 5) is 28.2. The van der Waals surface area contributed by atoms with Gasteiger partial charge < -0.3 is 15.1 Å². The topological polar surface area (TPSA) is 52.7 Å². The molecule has 1 fully saturated rings. The van der Waals surface area contributed by atoms with Gasteiger partial charge in [0.25, 0.3) is 0 Å². The predicted molar refractivity (Wildman–Crippen MR) is 103 cm³/mol. The molecule has 1 spiro atoms. The lowest BCUT2D eigenvalue weighted by Crippen LogP contribution is -2.66. The molecule has 0 aromatic heterocycles. The number of halogens is 1. The van der Waals surface area contributed by atoms with Crippen molar-refractivity contribution >= 4 is 34.9 Å². The highest BCUT2D eigenvalue weighted by Crippen LogP contribution is 2.42. The van der Waals surface area contributed by atoms with E-state index in [-0.39, 0.29) is 17.4 Å². The summed E-state index contributed by atoms with van der Waals surface area (Å²) in [6.45, 7) is 3.54. The monoisotopic (exact) mass is 369 g/mol. The number of rotatable bonds is 1. The van der Waals surface area contributed by atoms with Gasteiger partial charge in [0.05, 0.1) is 0 Å². The van der Waals surface area contributed by atoms with Crippen LogP contribution in [0.3, 0.4) is 0 Å². The third kappa shape index (κ3) is 3.03. The number of anilines is 2. The molecule has 6 heteroatoms. The molecule has 0 saturated carbocycles. The first-order valence-corrected chi connectivity index (χ1v) is 9.01. The van der Waals surface area contributed by atoms with E-state index in [1.165, 1.54) is 5.56 Å². The number of nitrogens with zero attached hydrogens (tertiary/aromatic N) is 2. The molecule has 1 N–H and O–H groups in total. The molecule has 0 bridgehead atoms. The average molecular weight is 370 g/mol. The van der Waals surface area contributed by atoms with E-state index in [2.05, 4.69) is 11.4 Å². The molecule has 4 rings (SSSR count). The van der Waals surface area contributed by atoms with E-state index < -0.39 is 0 Å². The second-order valence-electron chi connectivity index (χ2n) is 7.20. The summed E-state index contributed by atoms with van der Waals surface area (Å²) < 4.78 is 0. The fraction of sp³-hybridized carbons (Fsp3) is 0.300. The van der Waals surface area contributed by atoms with Crippen molar-refractivity contribution in [3.8, 4) is 0 Å². The smallest absolute Gasteiger partial charge is 0.321 e. The Bertz CT molecular complexity index is 860. The molecule has 26 heavy (non-hydrogen) atoms. The number of hydrogen-bond acceptors (Lipinski definition) is 2. The van der Waals surface area contributed by atoms with E-state index in [0.717, 1.165) is 17.8 Å². The Kier molecular flexibility index (Phi) is 4.11. The normalized spacial score (nSPS) is 17.5. The van der Waals surface area contributed by atoms with Crippen LogP contribution in [0.25, 0.3) is 0 Å². The number of hydrogen-bond donors (Lipinski definition) is 1. The standard InChI is InChI=1S/C20H20ClN3O2/c1-14(25)24-13-20(10-15-4-2-3-5-18(15)24)11-23(12-20)19(26)22-17-8-6-16(21)7-9-17/h2-9H,10-13H2,1H3,(H,22,26). The fourth-order valence-electron chi connectivity index (χ4n) is 3.94. The highest BCUT2D eigenvalue weighted by Gasteiger charge is 2.49. The van der Waals surface area contributed by atoms with Crippen molar-refractivity contribution in [2.45, 2.75) is 13.3 Å². The van der Waals surface area contributed by atoms with Crippen molar-refractivity contribution in [2.24, 2.45) is 5.41 Å². The van der Waals surface area contributed by atoms with Crippen molar-refractivity contribution in [1.29, 1.82) is 0 Å². The summed E-state index contributed by atoms with van der Waals surface area (Å²) in [7, 11) is 0. The van der Waals surface area contributed by atoms with Crippen LogP contribution in [-0.4, -0.2) is 36.5 Å². The van der Waals surface area contributed by atoms with Crippen molar-refractivity contribution in [1.82, 2.24) is 4.90 Å². The van der Waals surface area contributed by atoms with E-state index >= 15 is 0 Å². The minimum absolute atomic E-state index is 0.0422. The maximum atomic E-state index is 12.5. The summed E-state index contributed by atoms with van der Waals surface area (Å²) in [6, 6.07) is 15.0. The molecule has 0 radical (unpaired) electrons. The van der Waals surface area contributed by atoms with Crippen LogP contribution in [0.5, 0.6) is 0 Å². The third-order valence-electron chi connectivity index (χ3n) is 5.16. The average Bonchev–Trinajstić information content (AvgIpc) is 2.60. The van der Waals surface area contributed by atoms with Crippen LogP contribution in [0.4, 0.5) is 16.2 Å². The van der Waals surface area contributed by atoms with Crippen LogP contribution in [0.15, 0.2) is 48.5 Å². The summed E-state index contributed by atoms with van der Waals surface area (Å²) in [5.74, 6) is 0.0422. The number of likely N-dealkylation sites (tertiary alicyclic amines) is 1. The Balaban J connectivity index is 1.45. The Hall–Kier alpha value is -2.53. The number of benzene rings is 2. The van der Waals surface area contributed by atoms with Crippen molar-refractivity contribution in [3.63, 3.8) is 0 Å². The molecule has 3 amide bonds. The molecule has 2 aliphatic heterocycles. The minimum atomic E-state index is -0.119. The van der Waals surface area contributed by atoms with E-state index in [0.29, 0.717) is 24.7 Å². The van der Waals surface area contributed by atoms with Crippen LogP contribution in [0.2, 0.25) is 5.02 Å². The molecule has 2 aromatic rings. The van der Waals surface area contributed by atoms with Gasteiger partial charge in [0.2, 0.25) is 5.91 Å². The molecule has 134 valence electrons. The second kappa shape index (κ2) is 6.32. The van der Waals surface area contributed by atoms with Crippen LogP contribution < -0.4 is 10.2 Å². The van der Waals surface area contributed by atoms with Crippen LogP contribution in [0.1, 0.15) is 12.5 Å². The number of nitrogens with one attached hydrogen (secondary N) is 1. The third-order valence-corrected chi connectivity index (χ3v) is 5.41. The first-order chi connectivity index (χ1) is 12.5. The molecular weight excluding hydrogens is 350 g/mol. The van der Waals surface area contributed by atoms with E-state index in [4.69, 9.17) is 11.6 Å². The van der Waals surface area contributed by atoms with Gasteiger partial charge in [-0.15, -0.1) is 0 Å². The maximum absolute atomic E-state index is 12.5. The van der Waals surface area contributed by atoms with E-state index in [1.54, 1.807) is 36.1 Å². The highest BCUT2D eigenvalue weighted by atomic mass is 35.5. The lowest BCUT2D eigenvalue weighted by molar-refractivity contribution is -0.117. The Morgan fingerprint density at radius 1 is 1.04 bits per heavy atom.